The summed E-state index contributed by atoms with van der Waals surface area (Å²) in [6, 6.07) is 15.0. The third-order valence-electron chi connectivity index (χ3n) is 7.67. The molecule has 0 nitrogen and oxygen atoms in total. The van der Waals surface area contributed by atoms with E-state index in [1.165, 1.54) is 114 Å². The van der Waals surface area contributed by atoms with Crippen LogP contribution in [0.25, 0.3) is 21.5 Å². The van der Waals surface area contributed by atoms with Gasteiger partial charge in [-0.15, -0.1) is 0 Å². The molecule has 34 heavy (non-hydrogen) atoms. The Morgan fingerprint density at radius 2 is 0.735 bits per heavy atom. The minimum absolute atomic E-state index is 1.21. The van der Waals surface area contributed by atoms with Crippen molar-refractivity contribution in [1.29, 1.82) is 0 Å². The molecule has 0 bridgehead atoms. The summed E-state index contributed by atoms with van der Waals surface area (Å²) in [6.45, 7) is 9.25. The van der Waals surface area contributed by atoms with E-state index in [1.807, 2.05) is 0 Å². The second kappa shape index (κ2) is 14.6. The molecule has 0 atom stereocenters. The van der Waals surface area contributed by atoms with Gasteiger partial charge in [-0.05, 0) is 95.2 Å². The molecule has 0 saturated heterocycles. The Kier molecular flexibility index (Phi) is 11.5. The highest BCUT2D eigenvalue weighted by Crippen LogP contribution is 2.36. The molecule has 0 fully saturated rings. The fraction of sp³-hybridized carbons (Fsp3) is 0.588. The third kappa shape index (κ3) is 7.10. The Morgan fingerprint density at radius 3 is 1.09 bits per heavy atom. The zero-order valence-corrected chi connectivity index (χ0v) is 22.8. The van der Waals surface area contributed by atoms with Crippen LogP contribution in [0.5, 0.6) is 0 Å². The van der Waals surface area contributed by atoms with Crippen molar-refractivity contribution in [3.8, 4) is 0 Å². The van der Waals surface area contributed by atoms with Crippen LogP contribution in [0.15, 0.2) is 36.4 Å². The van der Waals surface area contributed by atoms with Gasteiger partial charge in [0.25, 0.3) is 0 Å². The molecule has 0 aliphatic heterocycles. The van der Waals surface area contributed by atoms with Crippen LogP contribution >= 0.6 is 0 Å². The molecule has 0 heteroatoms. The maximum Gasteiger partial charge on any atom is -0.0140 e. The summed E-state index contributed by atoms with van der Waals surface area (Å²) < 4.78 is 0. The molecule has 0 aromatic heterocycles. The highest BCUT2D eigenvalue weighted by Gasteiger charge is 2.15. The van der Waals surface area contributed by atoms with Crippen molar-refractivity contribution in [1.82, 2.24) is 0 Å². The number of fused-ring (bicyclic) bond motifs is 2. The van der Waals surface area contributed by atoms with Gasteiger partial charge >= 0.3 is 0 Å². The van der Waals surface area contributed by atoms with E-state index in [1.54, 1.807) is 32.7 Å². The Labute approximate surface area is 210 Å². The molecular weight excluding hydrogens is 408 g/mol. The highest BCUT2D eigenvalue weighted by atomic mass is 14.2. The van der Waals surface area contributed by atoms with Crippen LogP contribution in [0.3, 0.4) is 0 Å². The smallest absolute Gasteiger partial charge is 0.0140 e. The molecule has 0 aliphatic carbocycles. The van der Waals surface area contributed by atoms with Crippen LogP contribution in [-0.4, -0.2) is 0 Å². The number of hydrogen-bond acceptors (Lipinski definition) is 0. The first-order valence-electron chi connectivity index (χ1n) is 14.7. The van der Waals surface area contributed by atoms with Crippen LogP contribution in [0.1, 0.15) is 127 Å². The number of aryl methyl sites for hydroxylation is 4. The lowest BCUT2D eigenvalue weighted by molar-refractivity contribution is 0.715. The van der Waals surface area contributed by atoms with Gasteiger partial charge in [-0.3, -0.25) is 0 Å². The van der Waals surface area contributed by atoms with Crippen molar-refractivity contribution >= 4 is 21.5 Å². The number of unbranched alkanes of at least 4 members (excludes halogenated alkanes) is 8. The molecule has 3 aromatic carbocycles. The lowest BCUT2D eigenvalue weighted by Gasteiger charge is -2.19. The minimum atomic E-state index is 1.21. The monoisotopic (exact) mass is 458 g/mol. The fourth-order valence-electron chi connectivity index (χ4n) is 5.61. The van der Waals surface area contributed by atoms with Crippen LogP contribution in [0.4, 0.5) is 0 Å². The van der Waals surface area contributed by atoms with Crippen LogP contribution in [0, 0.1) is 0 Å². The van der Waals surface area contributed by atoms with Crippen LogP contribution in [-0.2, 0) is 25.7 Å². The van der Waals surface area contributed by atoms with Gasteiger partial charge in [0.1, 0.15) is 0 Å². The van der Waals surface area contributed by atoms with E-state index in [0.29, 0.717) is 0 Å². The van der Waals surface area contributed by atoms with E-state index >= 15 is 0 Å². The average Bonchev–Trinajstić information content (AvgIpc) is 2.85. The zero-order valence-electron chi connectivity index (χ0n) is 22.8. The van der Waals surface area contributed by atoms with Crippen molar-refractivity contribution in [2.24, 2.45) is 0 Å². The minimum Gasteiger partial charge on any atom is -0.0654 e. The summed E-state index contributed by atoms with van der Waals surface area (Å²) in [4.78, 5) is 0. The van der Waals surface area contributed by atoms with Crippen molar-refractivity contribution in [2.45, 2.75) is 130 Å². The molecule has 0 amide bonds. The van der Waals surface area contributed by atoms with Crippen LogP contribution < -0.4 is 0 Å². The number of benzene rings is 3. The predicted octanol–water partition coefficient (Wildman–Crippen LogP) is 10.9. The van der Waals surface area contributed by atoms with E-state index in [2.05, 4.69) is 64.1 Å². The lowest BCUT2D eigenvalue weighted by Crippen LogP contribution is -1.99. The Bertz CT molecular complexity index is 926. The normalized spacial score (nSPS) is 11.6. The van der Waals surface area contributed by atoms with Gasteiger partial charge < -0.3 is 0 Å². The molecule has 3 aromatic rings. The summed E-state index contributed by atoms with van der Waals surface area (Å²) in [5, 5.41) is 6.20. The summed E-state index contributed by atoms with van der Waals surface area (Å²) in [5.74, 6) is 0. The third-order valence-corrected chi connectivity index (χ3v) is 7.67. The summed E-state index contributed by atoms with van der Waals surface area (Å²) in [7, 11) is 0. The molecule has 186 valence electrons. The van der Waals surface area contributed by atoms with Crippen molar-refractivity contribution in [2.75, 3.05) is 0 Å². The summed E-state index contributed by atoms with van der Waals surface area (Å²) >= 11 is 0. The van der Waals surface area contributed by atoms with E-state index in [0.717, 1.165) is 0 Å². The first kappa shape index (κ1) is 26.8. The maximum absolute atomic E-state index is 2.57. The quantitative estimate of drug-likeness (QED) is 0.148. The Hall–Kier alpha value is -1.82. The summed E-state index contributed by atoms with van der Waals surface area (Å²) in [5.41, 5.74) is 6.31. The predicted molar refractivity (Wildman–Crippen MR) is 154 cm³/mol. The highest BCUT2D eigenvalue weighted by molar-refractivity contribution is 6.06. The second-order valence-corrected chi connectivity index (χ2v) is 10.5. The van der Waals surface area contributed by atoms with Gasteiger partial charge in [0.15, 0.2) is 0 Å². The molecule has 0 unspecified atom stereocenters. The van der Waals surface area contributed by atoms with E-state index in [9.17, 15) is 0 Å². The molecular formula is C34H50. The zero-order chi connectivity index (χ0) is 24.2. The molecule has 0 N–H and O–H groups in total. The fourth-order valence-corrected chi connectivity index (χ4v) is 5.61. The van der Waals surface area contributed by atoms with Gasteiger partial charge in [-0.25, -0.2) is 0 Å². The van der Waals surface area contributed by atoms with Gasteiger partial charge in [0.2, 0.25) is 0 Å². The Morgan fingerprint density at radius 1 is 0.382 bits per heavy atom. The van der Waals surface area contributed by atoms with Gasteiger partial charge in [0, 0.05) is 0 Å². The first-order valence-corrected chi connectivity index (χ1v) is 14.7. The van der Waals surface area contributed by atoms with E-state index in [4.69, 9.17) is 0 Å². The molecule has 0 aliphatic rings. The maximum atomic E-state index is 2.57. The van der Waals surface area contributed by atoms with E-state index < -0.39 is 0 Å². The van der Waals surface area contributed by atoms with Gasteiger partial charge in [-0.1, -0.05) is 115 Å². The van der Waals surface area contributed by atoms with Crippen molar-refractivity contribution in [3.63, 3.8) is 0 Å². The molecule has 0 saturated carbocycles. The topological polar surface area (TPSA) is 0 Å². The second-order valence-electron chi connectivity index (χ2n) is 10.5. The first-order chi connectivity index (χ1) is 16.7. The number of hydrogen-bond donors (Lipinski definition) is 0. The van der Waals surface area contributed by atoms with Gasteiger partial charge in [-0.2, -0.15) is 0 Å². The van der Waals surface area contributed by atoms with Gasteiger partial charge in [0.05, 0.1) is 0 Å². The van der Waals surface area contributed by atoms with Crippen molar-refractivity contribution < 1.29 is 0 Å². The average molecular weight is 459 g/mol. The molecule has 3 rings (SSSR count). The molecule has 0 radical (unpaired) electrons. The SMILES string of the molecule is CCCCCc1ccc2c(CCCCC)c3cc(CCCCC)ccc3c(CCCCC)c2c1. The van der Waals surface area contributed by atoms with E-state index in [-0.39, 0.29) is 0 Å². The standard InChI is InChI=1S/C34H50/c1-5-9-13-17-27-21-23-31-30(20-16-12-8-4)34-26-28(18-14-10-6-2)22-24-32(34)29(33(31)25-27)19-15-11-7-3/h21-26H,5-20H2,1-4H3. The summed E-state index contributed by atoms with van der Waals surface area (Å²) in [6.07, 6.45) is 20.6. The lowest BCUT2D eigenvalue weighted by atomic mass is 9.85. The largest absolute Gasteiger partial charge is 0.0654 e. The van der Waals surface area contributed by atoms with Crippen molar-refractivity contribution in [3.05, 3.63) is 58.7 Å². The molecule has 0 spiro atoms. The Balaban J connectivity index is 2.14. The molecule has 0 heterocycles. The van der Waals surface area contributed by atoms with Crippen LogP contribution in [0.2, 0.25) is 0 Å². The number of rotatable bonds is 16.